The van der Waals surface area contributed by atoms with Crippen molar-refractivity contribution in [3.05, 3.63) is 82.0 Å². The van der Waals surface area contributed by atoms with Crippen molar-refractivity contribution in [3.8, 4) is 0 Å². The Kier molecular flexibility index (Phi) is 8.57. The van der Waals surface area contributed by atoms with Crippen LogP contribution in [0.2, 0.25) is 10.0 Å². The minimum atomic E-state index is -2.97. The zero-order valence-electron chi connectivity index (χ0n) is 18.7. The molecule has 0 saturated heterocycles. The van der Waals surface area contributed by atoms with Gasteiger partial charge in [-0.2, -0.15) is 4.36 Å². The van der Waals surface area contributed by atoms with E-state index in [1.807, 2.05) is 0 Å². The molecule has 3 rings (SSSR count). The van der Waals surface area contributed by atoms with Gasteiger partial charge < -0.3 is 16.0 Å². The van der Waals surface area contributed by atoms with E-state index in [0.717, 1.165) is 0 Å². The highest BCUT2D eigenvalue weighted by Gasteiger charge is 2.17. The second-order valence-electron chi connectivity index (χ2n) is 7.30. The Morgan fingerprint density at radius 3 is 2.26 bits per heavy atom. The van der Waals surface area contributed by atoms with Crippen molar-refractivity contribution in [1.29, 1.82) is 0 Å². The molecular formula is C23H21Cl2N5O4S. The van der Waals surface area contributed by atoms with Crippen LogP contribution in [0.5, 0.6) is 0 Å². The summed E-state index contributed by atoms with van der Waals surface area (Å²) in [4.78, 5) is 41.7. The molecule has 0 radical (unpaired) electrons. The van der Waals surface area contributed by atoms with E-state index in [1.54, 1.807) is 13.1 Å². The molecule has 3 amide bonds. The normalized spacial score (nSPS) is 12.3. The lowest BCUT2D eigenvalue weighted by atomic mass is 10.1. The monoisotopic (exact) mass is 533 g/mol. The second-order valence-corrected chi connectivity index (χ2v) is 10.4. The molecule has 12 heteroatoms. The highest BCUT2D eigenvalue weighted by Crippen LogP contribution is 2.23. The molecule has 1 heterocycles. The van der Waals surface area contributed by atoms with Gasteiger partial charge in [0.2, 0.25) is 0 Å². The summed E-state index contributed by atoms with van der Waals surface area (Å²) in [6, 6.07) is 13.4. The van der Waals surface area contributed by atoms with Crippen LogP contribution < -0.4 is 16.0 Å². The molecule has 0 saturated carbocycles. The van der Waals surface area contributed by atoms with E-state index in [9.17, 15) is 18.6 Å². The first-order valence-electron chi connectivity index (χ1n) is 10.1. The van der Waals surface area contributed by atoms with Gasteiger partial charge in [-0.1, -0.05) is 23.2 Å². The fourth-order valence-corrected chi connectivity index (χ4v) is 4.41. The molecule has 1 unspecified atom stereocenters. The maximum Gasteiger partial charge on any atom is 0.267 e. The van der Waals surface area contributed by atoms with E-state index < -0.39 is 27.5 Å². The topological polar surface area (TPSA) is 130 Å². The maximum atomic E-state index is 12.8. The van der Waals surface area contributed by atoms with Crippen molar-refractivity contribution >= 4 is 62.2 Å². The average molecular weight is 534 g/mol. The summed E-state index contributed by atoms with van der Waals surface area (Å²) in [5.41, 5.74) is 0.589. The number of hydrogen-bond acceptors (Lipinski definition) is 6. The molecule has 0 aliphatic carbocycles. The van der Waals surface area contributed by atoms with Gasteiger partial charge in [0.1, 0.15) is 5.82 Å². The highest BCUT2D eigenvalue weighted by molar-refractivity contribution is 7.93. The predicted octanol–water partition coefficient (Wildman–Crippen LogP) is 4.10. The number of carbonyl (C=O) groups is 3. The molecule has 0 aliphatic heterocycles. The predicted molar refractivity (Wildman–Crippen MR) is 137 cm³/mol. The van der Waals surface area contributed by atoms with Gasteiger partial charge in [0, 0.05) is 27.9 Å². The second kappa shape index (κ2) is 11.4. The Bertz CT molecular complexity index is 1390. The number of benzene rings is 2. The third kappa shape index (κ3) is 7.09. The molecule has 35 heavy (non-hydrogen) atoms. The van der Waals surface area contributed by atoms with Gasteiger partial charge in [0.15, 0.2) is 0 Å². The van der Waals surface area contributed by atoms with Crippen LogP contribution >= 0.6 is 23.2 Å². The molecule has 0 spiro atoms. The fraction of sp³-hybridized carbons (Fsp3) is 0.130. The number of likely N-dealkylation sites (N-methyl/N-ethyl adjacent to an activating group) is 1. The number of hydrogen-bond donors (Lipinski definition) is 3. The van der Waals surface area contributed by atoms with Gasteiger partial charge in [-0.25, -0.2) is 9.19 Å². The molecule has 0 fully saturated rings. The summed E-state index contributed by atoms with van der Waals surface area (Å²) in [6.45, 7) is -0.0313. The van der Waals surface area contributed by atoms with E-state index >= 15 is 0 Å². The maximum absolute atomic E-state index is 12.8. The molecule has 0 aliphatic rings. The molecule has 182 valence electrons. The summed E-state index contributed by atoms with van der Waals surface area (Å²) in [7, 11) is -1.38. The number of aromatic nitrogens is 1. The zero-order valence-corrected chi connectivity index (χ0v) is 21.0. The van der Waals surface area contributed by atoms with Crippen LogP contribution in [0.25, 0.3) is 0 Å². The van der Waals surface area contributed by atoms with Gasteiger partial charge >= 0.3 is 0 Å². The first kappa shape index (κ1) is 26.3. The lowest BCUT2D eigenvalue weighted by molar-refractivity contribution is -0.116. The van der Waals surface area contributed by atoms with Gasteiger partial charge in [-0.3, -0.25) is 14.4 Å². The van der Waals surface area contributed by atoms with Crippen molar-refractivity contribution in [1.82, 2.24) is 10.3 Å². The molecule has 0 bridgehead atoms. The number of carbonyl (C=O) groups excluding carboxylic acids is 3. The Hall–Kier alpha value is -3.31. The number of halogens is 2. The standard InChI is InChI=1S/C23H21Cl2N5O4S/c1-26-13-21(31)30-35(2,34)17-7-3-14(4-8-17)22(32)28-19-9-5-15(24)11-18(19)23(33)29-20-10-6-16(25)12-27-20/h3-12,26H,13H2,1-2H3,(H,28,32)(H,27,29,33). The van der Waals surface area contributed by atoms with Crippen molar-refractivity contribution in [3.63, 3.8) is 0 Å². The minimum absolute atomic E-state index is 0.0313. The van der Waals surface area contributed by atoms with Crippen molar-refractivity contribution < 1.29 is 18.6 Å². The van der Waals surface area contributed by atoms with Crippen LogP contribution in [0.3, 0.4) is 0 Å². The third-order valence-electron chi connectivity index (χ3n) is 4.60. The Morgan fingerprint density at radius 1 is 0.943 bits per heavy atom. The SMILES string of the molecule is CNCC(=O)N=S(C)(=O)c1ccc(C(=O)Nc2ccc(Cl)cc2C(=O)Nc2ccc(Cl)cn2)cc1. The van der Waals surface area contributed by atoms with Crippen molar-refractivity contribution in [2.24, 2.45) is 4.36 Å². The molecule has 3 aromatic rings. The largest absolute Gasteiger partial charge is 0.321 e. The lowest BCUT2D eigenvalue weighted by Crippen LogP contribution is -2.19. The van der Waals surface area contributed by atoms with Gasteiger partial charge in [0.25, 0.3) is 17.7 Å². The third-order valence-corrected chi connectivity index (χ3v) is 6.76. The smallest absolute Gasteiger partial charge is 0.267 e. The number of anilines is 2. The van der Waals surface area contributed by atoms with E-state index in [1.165, 1.54) is 61.0 Å². The van der Waals surface area contributed by atoms with E-state index in [-0.39, 0.29) is 29.2 Å². The molecule has 1 aromatic heterocycles. The average Bonchev–Trinajstić information content (AvgIpc) is 2.81. The summed E-state index contributed by atoms with van der Waals surface area (Å²) in [5, 5.41) is 8.67. The minimum Gasteiger partial charge on any atom is -0.321 e. The van der Waals surface area contributed by atoms with Crippen molar-refractivity contribution in [2.45, 2.75) is 4.90 Å². The first-order valence-corrected chi connectivity index (χ1v) is 12.8. The van der Waals surface area contributed by atoms with Crippen LogP contribution in [0, 0.1) is 0 Å². The molecule has 3 N–H and O–H groups in total. The van der Waals surface area contributed by atoms with Gasteiger partial charge in [-0.05, 0) is 61.6 Å². The van der Waals surface area contributed by atoms with Gasteiger partial charge in [0.05, 0.1) is 32.5 Å². The summed E-state index contributed by atoms with van der Waals surface area (Å²) < 4.78 is 16.5. The van der Waals surface area contributed by atoms with E-state index in [2.05, 4.69) is 25.3 Å². The summed E-state index contributed by atoms with van der Waals surface area (Å²) in [6.07, 6.45) is 2.74. The van der Waals surface area contributed by atoms with Crippen LogP contribution in [0.1, 0.15) is 20.7 Å². The van der Waals surface area contributed by atoms with Crippen molar-refractivity contribution in [2.75, 3.05) is 30.5 Å². The molecule has 9 nitrogen and oxygen atoms in total. The molecule has 1 atom stereocenters. The van der Waals surface area contributed by atoms with Crippen LogP contribution in [0.4, 0.5) is 11.5 Å². The van der Waals surface area contributed by atoms with E-state index in [0.29, 0.717) is 14.9 Å². The number of pyridine rings is 1. The fourth-order valence-electron chi connectivity index (χ4n) is 2.93. The quantitative estimate of drug-likeness (QED) is 0.419. The summed E-state index contributed by atoms with van der Waals surface area (Å²) in [5.74, 6) is -1.31. The van der Waals surface area contributed by atoms with Crippen LogP contribution in [-0.4, -0.2) is 46.8 Å². The van der Waals surface area contributed by atoms with Crippen LogP contribution in [0.15, 0.2) is 70.1 Å². The number of nitrogens with one attached hydrogen (secondary N) is 3. The Labute approximate surface area is 212 Å². The lowest BCUT2D eigenvalue weighted by Gasteiger charge is -2.12. The molecular weight excluding hydrogens is 513 g/mol. The molecule has 2 aromatic carbocycles. The number of nitrogens with zero attached hydrogens (tertiary/aromatic N) is 2. The summed E-state index contributed by atoms with van der Waals surface area (Å²) >= 11 is 11.9. The Balaban J connectivity index is 1.80. The van der Waals surface area contributed by atoms with Gasteiger partial charge in [-0.15, -0.1) is 0 Å². The zero-order chi connectivity index (χ0) is 25.6. The van der Waals surface area contributed by atoms with Crippen LogP contribution in [-0.2, 0) is 14.5 Å². The van der Waals surface area contributed by atoms with E-state index in [4.69, 9.17) is 23.2 Å². The number of rotatable bonds is 7. The number of amides is 3. The highest BCUT2D eigenvalue weighted by atomic mass is 35.5. The Morgan fingerprint density at radius 2 is 1.63 bits per heavy atom. The first-order chi connectivity index (χ1) is 16.6.